The Kier molecular flexibility index (Phi) is 7.82. The third kappa shape index (κ3) is 7.97. The van der Waals surface area contributed by atoms with Gasteiger partial charge in [0.1, 0.15) is 5.75 Å². The highest BCUT2D eigenvalue weighted by Gasteiger charge is 2.04. The summed E-state index contributed by atoms with van der Waals surface area (Å²) in [5, 5.41) is 0.724. The summed E-state index contributed by atoms with van der Waals surface area (Å²) in [5.41, 5.74) is 7.36. The lowest BCUT2D eigenvalue weighted by Gasteiger charge is -1.99. The standard InChI is InChI=1S/C9H10O4S.C8H8BrNO/c1-13-9-4-2-3-8(7-9)5-6-14(10,11)12;1-5-2-3-6(8(10)11)7(9)4-5/h2-7H,1H3,(H,10,11,12);2-4H,1H3,(H2,10,11)/b6-5+;. The van der Waals surface area contributed by atoms with Crippen LogP contribution < -0.4 is 10.5 Å². The molecule has 0 atom stereocenters. The minimum absolute atomic E-state index is 0.406. The number of carbonyl (C=O) groups is 1. The molecule has 3 N–H and O–H groups in total. The Morgan fingerprint density at radius 3 is 2.44 bits per heavy atom. The largest absolute Gasteiger partial charge is 0.497 e. The number of halogens is 1. The summed E-state index contributed by atoms with van der Waals surface area (Å²) >= 11 is 3.25. The first-order valence-corrected chi connectivity index (χ1v) is 9.27. The quantitative estimate of drug-likeness (QED) is 0.726. The molecular weight excluding hydrogens is 410 g/mol. The van der Waals surface area contributed by atoms with Crippen LogP contribution in [0.4, 0.5) is 0 Å². The number of aryl methyl sites for hydroxylation is 1. The maximum atomic E-state index is 10.7. The van der Waals surface area contributed by atoms with Gasteiger partial charge in [-0.05, 0) is 64.3 Å². The van der Waals surface area contributed by atoms with Crippen molar-refractivity contribution in [3.63, 3.8) is 0 Å². The van der Waals surface area contributed by atoms with Gasteiger partial charge in [0.15, 0.2) is 0 Å². The zero-order valence-electron chi connectivity index (χ0n) is 13.6. The molecule has 0 bridgehead atoms. The molecule has 0 aliphatic carbocycles. The molecule has 0 unspecified atom stereocenters. The fourth-order valence-corrected chi connectivity index (χ4v) is 2.75. The van der Waals surface area contributed by atoms with Gasteiger partial charge in [0.2, 0.25) is 5.91 Å². The number of hydrogen-bond donors (Lipinski definition) is 2. The average Bonchev–Trinajstić information content (AvgIpc) is 2.52. The number of carbonyl (C=O) groups excluding carboxylic acids is 1. The topological polar surface area (TPSA) is 107 Å². The third-order valence-electron chi connectivity index (χ3n) is 2.92. The summed E-state index contributed by atoms with van der Waals surface area (Å²) in [4.78, 5) is 10.7. The molecule has 0 aliphatic heterocycles. The van der Waals surface area contributed by atoms with Crippen molar-refractivity contribution < 1.29 is 22.5 Å². The maximum Gasteiger partial charge on any atom is 0.287 e. The Hall–Kier alpha value is -2.16. The number of hydrogen-bond acceptors (Lipinski definition) is 4. The van der Waals surface area contributed by atoms with E-state index < -0.39 is 16.0 Å². The molecule has 1 amide bonds. The highest BCUT2D eigenvalue weighted by Crippen LogP contribution is 2.17. The molecule has 0 saturated heterocycles. The normalized spacial score (nSPS) is 10.9. The van der Waals surface area contributed by atoms with Gasteiger partial charge >= 0.3 is 0 Å². The molecule has 2 rings (SSSR count). The van der Waals surface area contributed by atoms with Crippen LogP contribution in [0.3, 0.4) is 0 Å². The zero-order valence-corrected chi connectivity index (χ0v) is 16.0. The van der Waals surface area contributed by atoms with Crippen LogP contribution in [-0.2, 0) is 10.1 Å². The lowest BCUT2D eigenvalue weighted by atomic mass is 10.1. The minimum atomic E-state index is -4.06. The summed E-state index contributed by atoms with van der Waals surface area (Å²) in [6.45, 7) is 1.95. The molecule has 8 heteroatoms. The maximum absolute atomic E-state index is 10.7. The van der Waals surface area contributed by atoms with Gasteiger partial charge in [-0.1, -0.05) is 18.2 Å². The van der Waals surface area contributed by atoms with Crippen molar-refractivity contribution >= 4 is 38.0 Å². The summed E-state index contributed by atoms with van der Waals surface area (Å²) in [7, 11) is -2.54. The van der Waals surface area contributed by atoms with Gasteiger partial charge in [-0.3, -0.25) is 9.35 Å². The first-order valence-electron chi connectivity index (χ1n) is 6.98. The van der Waals surface area contributed by atoms with Gasteiger partial charge in [0.25, 0.3) is 10.1 Å². The van der Waals surface area contributed by atoms with Crippen molar-refractivity contribution in [1.29, 1.82) is 0 Å². The minimum Gasteiger partial charge on any atom is -0.497 e. The van der Waals surface area contributed by atoms with Crippen molar-refractivity contribution in [2.24, 2.45) is 5.73 Å². The lowest BCUT2D eigenvalue weighted by Crippen LogP contribution is -2.11. The van der Waals surface area contributed by atoms with Crippen molar-refractivity contribution in [3.8, 4) is 5.75 Å². The number of amides is 1. The first kappa shape index (κ1) is 20.9. The van der Waals surface area contributed by atoms with E-state index in [1.54, 1.807) is 30.3 Å². The predicted octanol–water partition coefficient (Wildman–Crippen LogP) is 3.41. The molecule has 2 aromatic carbocycles. The van der Waals surface area contributed by atoms with Crippen LogP contribution in [0.1, 0.15) is 21.5 Å². The van der Waals surface area contributed by atoms with Gasteiger partial charge in [-0.15, -0.1) is 0 Å². The number of nitrogens with two attached hydrogens (primary N) is 1. The summed E-state index contributed by atoms with van der Waals surface area (Å²) < 4.78 is 34.9. The second-order valence-corrected chi connectivity index (χ2v) is 7.10. The highest BCUT2D eigenvalue weighted by atomic mass is 79.9. The Bertz CT molecular complexity index is 878. The number of rotatable bonds is 4. The molecule has 0 aromatic heterocycles. The van der Waals surface area contributed by atoms with E-state index in [2.05, 4.69) is 15.9 Å². The second-order valence-electron chi connectivity index (χ2n) is 4.94. The number of ether oxygens (including phenoxy) is 1. The van der Waals surface area contributed by atoms with Crippen molar-refractivity contribution in [3.05, 3.63) is 69.0 Å². The molecule has 0 radical (unpaired) electrons. The predicted molar refractivity (Wildman–Crippen MR) is 101 cm³/mol. The molecule has 2 aromatic rings. The zero-order chi connectivity index (χ0) is 19.0. The molecular formula is C17H18BrNO5S. The Morgan fingerprint density at radius 2 is 1.92 bits per heavy atom. The van der Waals surface area contributed by atoms with Crippen LogP contribution in [0.25, 0.3) is 6.08 Å². The van der Waals surface area contributed by atoms with Crippen LogP contribution in [0, 0.1) is 6.92 Å². The van der Waals surface area contributed by atoms with Crippen molar-refractivity contribution in [2.45, 2.75) is 6.92 Å². The first-order chi connectivity index (χ1) is 11.6. The Balaban J connectivity index is 0.000000257. The van der Waals surface area contributed by atoms with E-state index in [4.69, 9.17) is 15.0 Å². The fourth-order valence-electron chi connectivity index (χ4n) is 1.73. The van der Waals surface area contributed by atoms with E-state index in [0.29, 0.717) is 16.9 Å². The molecule has 0 spiro atoms. The summed E-state index contributed by atoms with van der Waals surface area (Å²) in [6.07, 6.45) is 1.29. The van der Waals surface area contributed by atoms with Gasteiger partial charge in [-0.25, -0.2) is 0 Å². The van der Waals surface area contributed by atoms with Crippen LogP contribution in [0.2, 0.25) is 0 Å². The van der Waals surface area contributed by atoms with Crippen LogP contribution in [-0.4, -0.2) is 26.0 Å². The van der Waals surface area contributed by atoms with E-state index in [9.17, 15) is 13.2 Å². The molecule has 0 saturated carbocycles. The van der Waals surface area contributed by atoms with E-state index in [1.807, 2.05) is 19.1 Å². The van der Waals surface area contributed by atoms with Gasteiger partial charge < -0.3 is 10.5 Å². The fraction of sp³-hybridized carbons (Fsp3) is 0.118. The smallest absolute Gasteiger partial charge is 0.287 e. The van der Waals surface area contributed by atoms with Gasteiger partial charge in [0.05, 0.1) is 18.1 Å². The number of methoxy groups -OCH3 is 1. The number of benzene rings is 2. The van der Waals surface area contributed by atoms with Gasteiger partial charge in [0, 0.05) is 4.47 Å². The average molecular weight is 428 g/mol. The van der Waals surface area contributed by atoms with E-state index in [0.717, 1.165) is 15.4 Å². The molecule has 25 heavy (non-hydrogen) atoms. The van der Waals surface area contributed by atoms with E-state index in [1.165, 1.54) is 13.2 Å². The highest BCUT2D eigenvalue weighted by molar-refractivity contribution is 9.10. The second kappa shape index (κ2) is 9.36. The van der Waals surface area contributed by atoms with E-state index >= 15 is 0 Å². The van der Waals surface area contributed by atoms with Crippen LogP contribution in [0.5, 0.6) is 5.75 Å². The Morgan fingerprint density at radius 1 is 1.24 bits per heavy atom. The molecule has 0 aliphatic rings. The monoisotopic (exact) mass is 427 g/mol. The van der Waals surface area contributed by atoms with Crippen LogP contribution >= 0.6 is 15.9 Å². The molecule has 0 fully saturated rings. The van der Waals surface area contributed by atoms with Crippen molar-refractivity contribution in [2.75, 3.05) is 7.11 Å². The van der Waals surface area contributed by atoms with Crippen molar-refractivity contribution in [1.82, 2.24) is 0 Å². The SMILES string of the molecule is COc1cccc(/C=C/S(=O)(=O)O)c1.Cc1ccc(C(N)=O)c(Br)c1. The lowest BCUT2D eigenvalue weighted by molar-refractivity contribution is 0.0999. The Labute approximate surface area is 155 Å². The molecule has 0 heterocycles. The van der Waals surface area contributed by atoms with Crippen LogP contribution in [0.15, 0.2) is 52.3 Å². The summed E-state index contributed by atoms with van der Waals surface area (Å²) in [6, 6.07) is 12.2. The van der Waals surface area contributed by atoms with E-state index in [-0.39, 0.29) is 0 Å². The number of primary amides is 1. The molecule has 134 valence electrons. The van der Waals surface area contributed by atoms with Gasteiger partial charge in [-0.2, -0.15) is 8.42 Å². The third-order valence-corrected chi connectivity index (χ3v) is 4.05. The summed E-state index contributed by atoms with van der Waals surface area (Å²) in [5.74, 6) is 0.222. The molecule has 6 nitrogen and oxygen atoms in total.